The minimum atomic E-state index is -0.928. The summed E-state index contributed by atoms with van der Waals surface area (Å²) in [7, 11) is 0. The number of amides is 3. The van der Waals surface area contributed by atoms with Crippen molar-refractivity contribution in [1.29, 1.82) is 0 Å². The molecule has 0 unspecified atom stereocenters. The molecule has 3 amide bonds. The number of alkyl carbamates (subject to hydrolysis) is 2. The van der Waals surface area contributed by atoms with Gasteiger partial charge in [0.25, 0.3) is 0 Å². The Balaban J connectivity index is 2.58. The number of nitrogens with one attached hydrogen (secondary N) is 3. The van der Waals surface area contributed by atoms with Gasteiger partial charge < -0.3 is 30.2 Å². The third-order valence-corrected chi connectivity index (χ3v) is 3.80. The van der Waals surface area contributed by atoms with E-state index in [1.165, 1.54) is 13.8 Å². The molecule has 2 atom stereocenters. The Hall–Kier alpha value is -3.30. The molecule has 0 fully saturated rings. The molecule has 1 aromatic rings. The highest BCUT2D eigenvalue weighted by atomic mass is 16.6. The second-order valence-corrected chi connectivity index (χ2v) is 9.52. The third kappa shape index (κ3) is 11.8. The lowest BCUT2D eigenvalue weighted by atomic mass is 10.2. The van der Waals surface area contributed by atoms with Crippen molar-refractivity contribution in [1.82, 2.24) is 16.0 Å². The summed E-state index contributed by atoms with van der Waals surface area (Å²) in [6.07, 6.45) is -1.41. The molecule has 1 rings (SSSR count). The van der Waals surface area contributed by atoms with Gasteiger partial charge in [0.1, 0.15) is 29.0 Å². The van der Waals surface area contributed by atoms with Crippen LogP contribution in [-0.4, -0.2) is 47.3 Å². The van der Waals surface area contributed by atoms with Gasteiger partial charge in [0.15, 0.2) is 0 Å². The van der Waals surface area contributed by atoms with Crippen LogP contribution in [0.25, 0.3) is 0 Å². The maximum Gasteiger partial charge on any atom is 0.408 e. The molecule has 3 N–H and O–H groups in total. The second-order valence-electron chi connectivity index (χ2n) is 9.52. The van der Waals surface area contributed by atoms with E-state index in [4.69, 9.17) is 14.2 Å². The number of benzene rings is 1. The topological polar surface area (TPSA) is 132 Å². The van der Waals surface area contributed by atoms with Crippen LogP contribution < -0.4 is 20.7 Å². The molecule has 184 valence electrons. The largest absolute Gasteiger partial charge is 0.444 e. The first kappa shape index (κ1) is 27.7. The maximum atomic E-state index is 12.3. The van der Waals surface area contributed by atoms with Crippen LogP contribution in [0, 0.1) is 0 Å². The highest BCUT2D eigenvalue weighted by Gasteiger charge is 2.23. The van der Waals surface area contributed by atoms with Crippen molar-refractivity contribution in [3.05, 3.63) is 29.8 Å². The number of carbonyl (C=O) groups excluding carboxylic acids is 4. The van der Waals surface area contributed by atoms with E-state index in [-0.39, 0.29) is 12.3 Å². The van der Waals surface area contributed by atoms with Crippen molar-refractivity contribution in [2.45, 2.75) is 85.2 Å². The summed E-state index contributed by atoms with van der Waals surface area (Å²) in [5.74, 6) is -0.819. The number of ether oxygens (including phenoxy) is 3. The molecule has 0 spiro atoms. The van der Waals surface area contributed by atoms with Gasteiger partial charge in [-0.3, -0.25) is 4.79 Å². The molecule has 0 saturated carbocycles. The van der Waals surface area contributed by atoms with Crippen LogP contribution in [0.15, 0.2) is 24.3 Å². The number of hydrogen-bond donors (Lipinski definition) is 3. The van der Waals surface area contributed by atoms with Crippen LogP contribution in [0.1, 0.15) is 61.0 Å². The first-order valence-corrected chi connectivity index (χ1v) is 10.6. The summed E-state index contributed by atoms with van der Waals surface area (Å²) in [5.41, 5.74) is -0.685. The van der Waals surface area contributed by atoms with Gasteiger partial charge in [-0.2, -0.15) is 0 Å². The van der Waals surface area contributed by atoms with Gasteiger partial charge in [-0.15, -0.1) is 0 Å². The minimum absolute atomic E-state index is 0.149. The molecule has 1 aromatic carbocycles. The lowest BCUT2D eigenvalue weighted by Crippen LogP contribution is -2.46. The Morgan fingerprint density at radius 1 is 0.848 bits per heavy atom. The second kappa shape index (κ2) is 11.5. The van der Waals surface area contributed by atoms with Crippen molar-refractivity contribution in [2.75, 3.05) is 0 Å². The fourth-order valence-corrected chi connectivity index (χ4v) is 2.36. The van der Waals surface area contributed by atoms with Gasteiger partial charge in [0.05, 0.1) is 0 Å². The summed E-state index contributed by atoms with van der Waals surface area (Å²) in [5, 5.41) is 7.58. The van der Waals surface area contributed by atoms with Crippen molar-refractivity contribution < 1.29 is 33.4 Å². The van der Waals surface area contributed by atoms with Crippen molar-refractivity contribution in [3.63, 3.8) is 0 Å². The predicted octanol–water partition coefficient (Wildman–Crippen LogP) is 3.03. The Bertz CT molecular complexity index is 856. The molecule has 0 aromatic heterocycles. The summed E-state index contributed by atoms with van der Waals surface area (Å²) >= 11 is 0. The minimum Gasteiger partial charge on any atom is -0.444 e. The molecule has 0 aliphatic heterocycles. The van der Waals surface area contributed by atoms with E-state index < -0.39 is 47.3 Å². The van der Waals surface area contributed by atoms with E-state index >= 15 is 0 Å². The smallest absolute Gasteiger partial charge is 0.408 e. The third-order valence-electron chi connectivity index (χ3n) is 3.80. The van der Waals surface area contributed by atoms with Crippen LogP contribution in [-0.2, 0) is 25.6 Å². The lowest BCUT2D eigenvalue weighted by molar-refractivity contribution is -0.136. The molecule has 0 heterocycles. The van der Waals surface area contributed by atoms with Gasteiger partial charge in [-0.05, 0) is 73.1 Å². The van der Waals surface area contributed by atoms with Gasteiger partial charge in [-0.1, -0.05) is 12.1 Å². The van der Waals surface area contributed by atoms with E-state index in [0.717, 1.165) is 0 Å². The zero-order valence-corrected chi connectivity index (χ0v) is 20.5. The first-order chi connectivity index (χ1) is 15.1. The van der Waals surface area contributed by atoms with E-state index in [1.807, 2.05) is 0 Å². The number of hydrogen-bond acceptors (Lipinski definition) is 7. The summed E-state index contributed by atoms with van der Waals surface area (Å²) < 4.78 is 15.6. The average molecular weight is 466 g/mol. The monoisotopic (exact) mass is 465 g/mol. The van der Waals surface area contributed by atoms with E-state index in [1.54, 1.807) is 65.8 Å². The van der Waals surface area contributed by atoms with Crippen molar-refractivity contribution in [2.24, 2.45) is 0 Å². The molecule has 0 aliphatic carbocycles. The summed E-state index contributed by atoms with van der Waals surface area (Å²) in [6, 6.07) is 4.84. The maximum absolute atomic E-state index is 12.3. The van der Waals surface area contributed by atoms with Crippen molar-refractivity contribution in [3.8, 4) is 5.75 Å². The van der Waals surface area contributed by atoms with Gasteiger partial charge >= 0.3 is 18.2 Å². The van der Waals surface area contributed by atoms with E-state index in [0.29, 0.717) is 5.56 Å². The van der Waals surface area contributed by atoms with Crippen LogP contribution in [0.4, 0.5) is 9.59 Å². The van der Waals surface area contributed by atoms with Crippen molar-refractivity contribution >= 4 is 24.1 Å². The molecule has 0 aliphatic rings. The molecular formula is C23H35N3O7. The fraction of sp³-hybridized carbons (Fsp3) is 0.565. The number of esters is 1. The Labute approximate surface area is 194 Å². The molecule has 10 heteroatoms. The van der Waals surface area contributed by atoms with E-state index in [9.17, 15) is 19.2 Å². The molecule has 0 radical (unpaired) electrons. The zero-order chi connectivity index (χ0) is 25.4. The fourth-order valence-electron chi connectivity index (χ4n) is 2.36. The van der Waals surface area contributed by atoms with Crippen LogP contribution in [0.5, 0.6) is 5.75 Å². The Morgan fingerprint density at radius 2 is 1.36 bits per heavy atom. The van der Waals surface area contributed by atoms with Gasteiger partial charge in [0.2, 0.25) is 5.91 Å². The molecule has 33 heavy (non-hydrogen) atoms. The number of carbonyl (C=O) groups is 4. The van der Waals surface area contributed by atoms with E-state index in [2.05, 4.69) is 16.0 Å². The normalized spacial score (nSPS) is 13.2. The van der Waals surface area contributed by atoms with Crippen LogP contribution in [0.2, 0.25) is 0 Å². The molecular weight excluding hydrogens is 430 g/mol. The van der Waals surface area contributed by atoms with Crippen LogP contribution in [0.3, 0.4) is 0 Å². The number of rotatable bonds is 7. The molecule has 0 saturated heterocycles. The van der Waals surface area contributed by atoms with Crippen LogP contribution >= 0.6 is 0 Å². The average Bonchev–Trinajstić information content (AvgIpc) is 2.63. The molecule has 10 nitrogen and oxygen atoms in total. The zero-order valence-electron chi connectivity index (χ0n) is 20.5. The molecule has 0 bridgehead atoms. The predicted molar refractivity (Wildman–Crippen MR) is 122 cm³/mol. The van der Waals surface area contributed by atoms with Gasteiger partial charge in [0, 0.05) is 6.54 Å². The SMILES string of the molecule is C[C@H](NC(=O)OC(C)(C)C)C(=O)NCc1cccc(OC(=O)[C@H](C)NC(=O)OC(C)(C)C)c1. The highest BCUT2D eigenvalue weighted by Crippen LogP contribution is 2.14. The lowest BCUT2D eigenvalue weighted by Gasteiger charge is -2.21. The standard InChI is InChI=1S/C23H35N3O7/c1-14(25-20(29)32-22(3,4)5)18(27)24-13-16-10-9-11-17(12-16)31-19(28)15(2)26-21(30)33-23(6,7)8/h9-12,14-15H,13H2,1-8H3,(H,24,27)(H,25,29)(H,26,30)/t14-,15-/m0/s1. The highest BCUT2D eigenvalue weighted by molar-refractivity contribution is 5.85. The quantitative estimate of drug-likeness (QED) is 0.416. The summed E-state index contributed by atoms with van der Waals surface area (Å²) in [4.78, 5) is 48.1. The Morgan fingerprint density at radius 3 is 1.88 bits per heavy atom. The van der Waals surface area contributed by atoms with Gasteiger partial charge in [-0.25, -0.2) is 14.4 Å². The Kier molecular flexibility index (Phi) is 9.69. The first-order valence-electron chi connectivity index (χ1n) is 10.6. The summed E-state index contributed by atoms with van der Waals surface area (Å²) in [6.45, 7) is 13.5.